The molecule has 228 valence electrons. The lowest BCUT2D eigenvalue weighted by Gasteiger charge is -2.23. The number of rotatable bonds is 10. The minimum absolute atomic E-state index is 0.00746. The highest BCUT2D eigenvalue weighted by atomic mass is 32.2. The second-order valence-electron chi connectivity index (χ2n) is 10.3. The minimum atomic E-state index is -3.97. The molecule has 1 aliphatic heterocycles. The summed E-state index contributed by atoms with van der Waals surface area (Å²) in [5, 5.41) is 16.4. The third-order valence-corrected chi connectivity index (χ3v) is 9.02. The predicted molar refractivity (Wildman–Crippen MR) is 164 cm³/mol. The Balaban J connectivity index is 1.37. The summed E-state index contributed by atoms with van der Waals surface area (Å²) in [7, 11) is -2.77. The fraction of sp³-hybridized carbons (Fsp3) is 0.250. The fourth-order valence-corrected chi connectivity index (χ4v) is 6.60. The number of nitrogens with one attached hydrogen (secondary N) is 1. The normalized spacial score (nSPS) is 18.0. The average molecular weight is 618 g/mol. The molecule has 0 aromatic heterocycles. The highest BCUT2D eigenvalue weighted by molar-refractivity contribution is 7.89. The fourth-order valence-electron chi connectivity index (χ4n) is 5.14. The summed E-state index contributed by atoms with van der Waals surface area (Å²) in [5.74, 6) is 0.0573. The molecule has 0 fully saturated rings. The first-order chi connectivity index (χ1) is 21.1. The summed E-state index contributed by atoms with van der Waals surface area (Å²) < 4.78 is 34.8. The molecule has 2 aliphatic rings. The highest BCUT2D eigenvalue weighted by Crippen LogP contribution is 2.38. The minimum Gasteiger partial charge on any atom is -0.504 e. The van der Waals surface area contributed by atoms with E-state index in [2.05, 4.69) is 9.56 Å². The largest absolute Gasteiger partial charge is 0.504 e. The van der Waals surface area contributed by atoms with Gasteiger partial charge in [0.1, 0.15) is 0 Å². The van der Waals surface area contributed by atoms with Gasteiger partial charge in [0.25, 0.3) is 10.8 Å². The van der Waals surface area contributed by atoms with Crippen LogP contribution in [0.3, 0.4) is 0 Å². The van der Waals surface area contributed by atoms with Crippen molar-refractivity contribution in [3.63, 3.8) is 0 Å². The van der Waals surface area contributed by atoms with E-state index >= 15 is 0 Å². The number of amides is 1. The monoisotopic (exact) mass is 617 g/mol. The Morgan fingerprint density at radius 1 is 1.14 bits per heavy atom. The van der Waals surface area contributed by atoms with Gasteiger partial charge in [0.15, 0.2) is 18.6 Å². The second kappa shape index (κ2) is 12.8. The summed E-state index contributed by atoms with van der Waals surface area (Å²) in [4.78, 5) is 30.3. The summed E-state index contributed by atoms with van der Waals surface area (Å²) in [5.41, 5.74) is 3.23. The van der Waals surface area contributed by atoms with E-state index in [4.69, 9.17) is 9.84 Å². The van der Waals surface area contributed by atoms with Crippen molar-refractivity contribution in [2.24, 2.45) is 5.10 Å². The molecule has 12 heteroatoms. The first-order valence-corrected chi connectivity index (χ1v) is 15.5. The van der Waals surface area contributed by atoms with Crippen LogP contribution in [-0.4, -0.2) is 54.8 Å². The molecule has 0 saturated heterocycles. The number of hydrogen-bond donors (Lipinski definition) is 2. The van der Waals surface area contributed by atoms with E-state index < -0.39 is 22.1 Å². The predicted octanol–water partition coefficient (Wildman–Crippen LogP) is 5.25. The Hall–Kier alpha value is -4.81. The number of benzene rings is 3. The van der Waals surface area contributed by atoms with E-state index in [-0.39, 0.29) is 27.2 Å². The van der Waals surface area contributed by atoms with Crippen molar-refractivity contribution in [1.29, 1.82) is 0 Å². The molecule has 0 spiro atoms. The van der Waals surface area contributed by atoms with Crippen LogP contribution < -0.4 is 9.46 Å². The van der Waals surface area contributed by atoms with Gasteiger partial charge in [-0.25, -0.2) is 23.0 Å². The van der Waals surface area contributed by atoms with Crippen molar-refractivity contribution in [3.05, 3.63) is 112 Å². The van der Waals surface area contributed by atoms with Gasteiger partial charge in [-0.05, 0) is 61.2 Å². The summed E-state index contributed by atoms with van der Waals surface area (Å²) in [6.45, 7) is 3.84. The van der Waals surface area contributed by atoms with Gasteiger partial charge in [0, 0.05) is 30.2 Å². The number of carbonyl (C=O) groups is 1. The van der Waals surface area contributed by atoms with Gasteiger partial charge >= 0.3 is 5.69 Å². The van der Waals surface area contributed by atoms with Crippen molar-refractivity contribution in [1.82, 2.24) is 9.73 Å². The molecule has 1 amide bonds. The third kappa shape index (κ3) is 6.41. The zero-order valence-electron chi connectivity index (χ0n) is 24.5. The number of aromatic hydroxyl groups is 1. The number of sulfonamides is 1. The molecule has 0 radical (unpaired) electrons. The summed E-state index contributed by atoms with van der Waals surface area (Å²) in [6.07, 6.45) is 6.17. The van der Waals surface area contributed by atoms with Gasteiger partial charge in [0.2, 0.25) is 10.0 Å². The van der Waals surface area contributed by atoms with Crippen LogP contribution >= 0.6 is 0 Å². The molecule has 2 unspecified atom stereocenters. The maximum Gasteiger partial charge on any atom is 0.318 e. The number of phenolic OH excluding ortho intramolecular Hbond substituents is 1. The van der Waals surface area contributed by atoms with Crippen molar-refractivity contribution < 1.29 is 32.8 Å². The van der Waals surface area contributed by atoms with Crippen molar-refractivity contribution >= 4 is 27.3 Å². The van der Waals surface area contributed by atoms with Crippen LogP contribution in [-0.2, 0) is 14.9 Å². The smallest absolute Gasteiger partial charge is 0.318 e. The van der Waals surface area contributed by atoms with Gasteiger partial charge in [-0.15, -0.1) is 0 Å². The average Bonchev–Trinajstić information content (AvgIpc) is 3.48. The van der Waals surface area contributed by atoms with E-state index in [0.29, 0.717) is 42.0 Å². The zero-order valence-corrected chi connectivity index (χ0v) is 25.3. The number of ether oxygens (including phenoxy) is 1. The van der Waals surface area contributed by atoms with Crippen molar-refractivity contribution in [3.8, 4) is 11.5 Å². The molecule has 0 saturated carbocycles. The van der Waals surface area contributed by atoms with Gasteiger partial charge in [-0.3, -0.25) is 4.79 Å². The van der Waals surface area contributed by atoms with Crippen molar-refractivity contribution in [2.45, 2.75) is 43.7 Å². The van der Waals surface area contributed by atoms with Crippen LogP contribution in [0.4, 0.5) is 5.69 Å². The van der Waals surface area contributed by atoms with Crippen LogP contribution in [0.1, 0.15) is 47.3 Å². The SMILES string of the molecule is CCOc1cc(C2CC(C3=CCC(NS(=O)(=O)c4cc([N+](=O)OC)ccc4C)C=C3)=NN2C(=O)c2ccccc2)ccc1O. The van der Waals surface area contributed by atoms with Gasteiger partial charge in [-0.2, -0.15) is 5.10 Å². The molecule has 3 aromatic rings. The lowest BCUT2D eigenvalue weighted by atomic mass is 9.94. The van der Waals surface area contributed by atoms with E-state index in [1.165, 1.54) is 24.3 Å². The first kappa shape index (κ1) is 30.6. The van der Waals surface area contributed by atoms with E-state index in [9.17, 15) is 23.2 Å². The van der Waals surface area contributed by atoms with E-state index in [0.717, 1.165) is 11.1 Å². The van der Waals surface area contributed by atoms with Crippen LogP contribution in [0.15, 0.2) is 101 Å². The number of aryl methyl sites for hydroxylation is 1. The topological polar surface area (TPSA) is 138 Å². The van der Waals surface area contributed by atoms with Crippen LogP contribution in [0.5, 0.6) is 11.5 Å². The zero-order chi connectivity index (χ0) is 31.4. The van der Waals surface area contributed by atoms with Crippen LogP contribution in [0.2, 0.25) is 0 Å². The molecular weight excluding hydrogens is 584 g/mol. The lowest BCUT2D eigenvalue weighted by Crippen LogP contribution is -2.34. The molecule has 1 aliphatic carbocycles. The lowest BCUT2D eigenvalue weighted by molar-refractivity contribution is -0.736. The maximum atomic E-state index is 13.6. The van der Waals surface area contributed by atoms with Crippen LogP contribution in [0.25, 0.3) is 0 Å². The number of nitrogens with zero attached hydrogens (tertiary/aromatic N) is 3. The van der Waals surface area contributed by atoms with Gasteiger partial charge in [0.05, 0.1) is 28.2 Å². The molecule has 0 bridgehead atoms. The molecule has 1 heterocycles. The maximum absolute atomic E-state index is 13.6. The number of carbonyl (C=O) groups excluding carboxylic acids is 1. The van der Waals surface area contributed by atoms with E-state index in [1.54, 1.807) is 67.6 Å². The number of allylic oxidation sites excluding steroid dienone is 2. The summed E-state index contributed by atoms with van der Waals surface area (Å²) in [6, 6.07) is 17.2. The molecule has 44 heavy (non-hydrogen) atoms. The third-order valence-electron chi connectivity index (χ3n) is 7.39. The van der Waals surface area contributed by atoms with Gasteiger partial charge < -0.3 is 9.84 Å². The van der Waals surface area contributed by atoms with E-state index in [1.807, 2.05) is 19.1 Å². The quantitative estimate of drug-likeness (QED) is 0.297. The Morgan fingerprint density at radius 3 is 2.59 bits per heavy atom. The molecule has 5 rings (SSSR count). The second-order valence-corrected chi connectivity index (χ2v) is 12.0. The van der Waals surface area contributed by atoms with Crippen molar-refractivity contribution in [2.75, 3.05) is 13.7 Å². The number of phenols is 1. The van der Waals surface area contributed by atoms with Crippen LogP contribution in [0, 0.1) is 11.8 Å². The Bertz CT molecular complexity index is 1790. The Labute approximate surface area is 255 Å². The number of hydrogen-bond acceptors (Lipinski definition) is 8. The first-order valence-electron chi connectivity index (χ1n) is 14.1. The number of hydrazone groups is 1. The molecule has 2 atom stereocenters. The Kier molecular flexibility index (Phi) is 8.93. The highest BCUT2D eigenvalue weighted by Gasteiger charge is 2.35. The molecular formula is C32H33N4O7S+. The van der Waals surface area contributed by atoms with Gasteiger partial charge in [-0.1, -0.05) is 48.6 Å². The molecule has 11 nitrogen and oxygen atoms in total. The summed E-state index contributed by atoms with van der Waals surface area (Å²) >= 11 is 0. The standard InChI is InChI=1S/C32H32N4O7S/c1-4-43-30-18-24(13-17-29(30)37)28-20-27(33-35(28)32(38)23-8-6-5-7-9-23)22-11-14-25(15-12-22)34-44(40,41)31-19-26(36(39)42-3)16-10-21(31)2/h5-14,16-19,25,28,34H,4,15,20H2,1-3H3/p+1. The molecule has 3 aromatic carbocycles. The Morgan fingerprint density at radius 2 is 1.91 bits per heavy atom. The molecule has 2 N–H and O–H groups in total.